The highest BCUT2D eigenvalue weighted by Gasteiger charge is 2.39. The number of rotatable bonds is 2. The first-order chi connectivity index (χ1) is 7.84. The second-order valence-electron chi connectivity index (χ2n) is 5.85. The summed E-state index contributed by atoms with van der Waals surface area (Å²) in [4.78, 5) is 2.56. The molecule has 0 bridgehead atoms. The monoisotopic (exact) mass is 219 g/mol. The Morgan fingerprint density at radius 2 is 1.62 bits per heavy atom. The van der Waals surface area contributed by atoms with E-state index in [1.54, 1.807) is 0 Å². The van der Waals surface area contributed by atoms with Gasteiger partial charge in [0.15, 0.2) is 0 Å². The fourth-order valence-corrected chi connectivity index (χ4v) is 3.87. The van der Waals surface area contributed by atoms with Crippen LogP contribution in [0, 0.1) is 17.8 Å². The molecular weight excluding hydrogens is 197 g/mol. The van der Waals surface area contributed by atoms with E-state index in [-0.39, 0.29) is 0 Å². The van der Waals surface area contributed by atoms with E-state index >= 15 is 0 Å². The van der Waals surface area contributed by atoms with E-state index in [1.165, 1.54) is 32.4 Å². The maximum absolute atomic E-state index is 6.43. The lowest BCUT2D eigenvalue weighted by molar-refractivity contribution is 0.0468. The average Bonchev–Trinajstić information content (AvgIpc) is 2.89. The Morgan fingerprint density at radius 1 is 1.00 bits per heavy atom. The molecule has 1 aliphatic carbocycles. The Bertz CT molecular complexity index is 230. The second-order valence-corrected chi connectivity index (χ2v) is 5.85. The molecule has 0 aromatic heterocycles. The zero-order valence-electron chi connectivity index (χ0n) is 10.1. The normalized spacial score (nSPS) is 38.8. The minimum absolute atomic E-state index is 0.300. The van der Waals surface area contributed by atoms with E-state index in [1.807, 2.05) is 0 Å². The van der Waals surface area contributed by atoms with Crippen molar-refractivity contribution in [2.75, 3.05) is 26.3 Å². The molecule has 0 aromatic rings. The first-order valence-corrected chi connectivity index (χ1v) is 6.92. The maximum Gasteiger partial charge on any atom is 0.0914 e. The summed E-state index contributed by atoms with van der Waals surface area (Å²) in [6.45, 7) is 4.37. The third kappa shape index (κ3) is 2.04. The highest BCUT2D eigenvalue weighted by molar-refractivity contribution is 6.11. The topological polar surface area (TPSA) is 12.5 Å². The van der Waals surface area contributed by atoms with Crippen LogP contribution in [-0.4, -0.2) is 45.0 Å². The summed E-state index contributed by atoms with van der Waals surface area (Å²) in [5.74, 6) is 2.90. The Morgan fingerprint density at radius 3 is 2.25 bits per heavy atom. The Labute approximate surface area is 100 Å². The molecule has 1 saturated carbocycles. The molecule has 3 atom stereocenters. The number of fused-ring (bicyclic) bond motifs is 1. The number of ether oxygens (including phenoxy) is 1. The quantitative estimate of drug-likeness (QED) is 0.654. The van der Waals surface area contributed by atoms with Crippen LogP contribution in [0.15, 0.2) is 0 Å². The van der Waals surface area contributed by atoms with Crippen molar-refractivity contribution in [1.82, 2.24) is 4.90 Å². The van der Waals surface area contributed by atoms with Gasteiger partial charge in [-0.05, 0) is 49.4 Å². The summed E-state index contributed by atoms with van der Waals surface area (Å²) in [6.07, 6.45) is 6.67. The molecule has 2 saturated heterocycles. The second kappa shape index (κ2) is 4.69. The van der Waals surface area contributed by atoms with Gasteiger partial charge in [-0.25, -0.2) is 0 Å². The van der Waals surface area contributed by atoms with Gasteiger partial charge in [-0.3, -0.25) is 0 Å². The van der Waals surface area contributed by atoms with Crippen molar-refractivity contribution < 1.29 is 4.74 Å². The summed E-state index contributed by atoms with van der Waals surface area (Å²) < 4.78 is 5.41. The molecule has 0 aromatic carbocycles. The van der Waals surface area contributed by atoms with Crippen LogP contribution in [0.3, 0.4) is 0 Å². The van der Waals surface area contributed by atoms with E-state index < -0.39 is 0 Å². The van der Waals surface area contributed by atoms with Crippen LogP contribution in [0.1, 0.15) is 32.1 Å². The fraction of sp³-hybridized carbons (Fsp3) is 1.00. The zero-order valence-corrected chi connectivity index (χ0v) is 10.1. The standard InChI is InChI=1S/C13H22BNO/c14-13(10-4-6-16-7-5-10)15-8-11-2-1-3-12(11)9-15/h10-13H,1-9H2. The lowest BCUT2D eigenvalue weighted by Gasteiger charge is -2.35. The van der Waals surface area contributed by atoms with E-state index in [9.17, 15) is 0 Å². The van der Waals surface area contributed by atoms with Crippen molar-refractivity contribution in [3.05, 3.63) is 0 Å². The average molecular weight is 219 g/mol. The molecule has 0 spiro atoms. The zero-order chi connectivity index (χ0) is 11.0. The van der Waals surface area contributed by atoms with E-state index in [0.29, 0.717) is 11.9 Å². The smallest absolute Gasteiger partial charge is 0.0914 e. The third-order valence-electron chi connectivity index (χ3n) is 4.93. The third-order valence-corrected chi connectivity index (χ3v) is 4.93. The lowest BCUT2D eigenvalue weighted by Crippen LogP contribution is -2.42. The highest BCUT2D eigenvalue weighted by Crippen LogP contribution is 2.39. The number of hydrogen-bond acceptors (Lipinski definition) is 2. The van der Waals surface area contributed by atoms with E-state index in [4.69, 9.17) is 12.6 Å². The maximum atomic E-state index is 6.43. The van der Waals surface area contributed by atoms with Crippen LogP contribution in [0.5, 0.6) is 0 Å². The molecule has 2 aliphatic heterocycles. The predicted octanol–water partition coefficient (Wildman–Crippen LogP) is 1.64. The first-order valence-electron chi connectivity index (χ1n) is 6.92. The van der Waals surface area contributed by atoms with Gasteiger partial charge < -0.3 is 9.64 Å². The van der Waals surface area contributed by atoms with E-state index in [2.05, 4.69) is 4.90 Å². The molecule has 2 radical (unpaired) electrons. The Balaban J connectivity index is 1.56. The molecule has 3 heteroatoms. The molecule has 3 fully saturated rings. The van der Waals surface area contributed by atoms with Crippen molar-refractivity contribution >= 4 is 7.85 Å². The van der Waals surface area contributed by atoms with Gasteiger partial charge in [-0.2, -0.15) is 0 Å². The van der Waals surface area contributed by atoms with Gasteiger partial charge in [0.2, 0.25) is 0 Å². The van der Waals surface area contributed by atoms with Gasteiger partial charge in [0, 0.05) is 26.3 Å². The summed E-state index contributed by atoms with van der Waals surface area (Å²) >= 11 is 0. The first kappa shape index (κ1) is 11.1. The Hall–Kier alpha value is -0.0151. The molecule has 3 rings (SSSR count). The number of hydrogen-bond donors (Lipinski definition) is 0. The number of nitrogens with zero attached hydrogens (tertiary/aromatic N) is 1. The molecule has 2 heterocycles. The van der Waals surface area contributed by atoms with Gasteiger partial charge in [0.1, 0.15) is 0 Å². The van der Waals surface area contributed by atoms with Gasteiger partial charge in [-0.15, -0.1) is 0 Å². The summed E-state index contributed by atoms with van der Waals surface area (Å²) in [5.41, 5.74) is 0. The predicted molar refractivity (Wildman–Crippen MR) is 65.5 cm³/mol. The lowest BCUT2D eigenvalue weighted by atomic mass is 9.78. The largest absolute Gasteiger partial charge is 0.381 e. The SMILES string of the molecule is [B]C(C1CCOCC1)N1CC2CCCC2C1. The van der Waals surface area contributed by atoms with Crippen LogP contribution in [0.25, 0.3) is 0 Å². The van der Waals surface area contributed by atoms with Crippen molar-refractivity contribution in [3.8, 4) is 0 Å². The summed E-state index contributed by atoms with van der Waals surface area (Å²) in [5, 5.41) is 0. The molecule has 88 valence electrons. The van der Waals surface area contributed by atoms with Gasteiger partial charge >= 0.3 is 0 Å². The van der Waals surface area contributed by atoms with E-state index in [0.717, 1.165) is 37.9 Å². The van der Waals surface area contributed by atoms with Crippen LogP contribution < -0.4 is 0 Å². The van der Waals surface area contributed by atoms with Crippen molar-refractivity contribution in [2.24, 2.45) is 17.8 Å². The van der Waals surface area contributed by atoms with Gasteiger partial charge in [0.25, 0.3) is 0 Å². The molecule has 3 aliphatic rings. The van der Waals surface area contributed by atoms with Gasteiger partial charge in [-0.1, -0.05) is 6.42 Å². The summed E-state index contributed by atoms with van der Waals surface area (Å²) in [7, 11) is 6.43. The molecule has 16 heavy (non-hydrogen) atoms. The molecule has 2 nitrogen and oxygen atoms in total. The molecule has 0 N–H and O–H groups in total. The Kier molecular flexibility index (Phi) is 3.26. The highest BCUT2D eigenvalue weighted by atomic mass is 16.5. The van der Waals surface area contributed by atoms with Crippen LogP contribution in [0.2, 0.25) is 0 Å². The van der Waals surface area contributed by atoms with Crippen molar-refractivity contribution in [1.29, 1.82) is 0 Å². The number of likely N-dealkylation sites (tertiary alicyclic amines) is 1. The van der Waals surface area contributed by atoms with Crippen LogP contribution in [0.4, 0.5) is 0 Å². The van der Waals surface area contributed by atoms with Gasteiger partial charge in [0.05, 0.1) is 7.85 Å². The minimum atomic E-state index is 0.300. The molecular formula is C13H22BNO. The molecule has 0 amide bonds. The summed E-state index contributed by atoms with van der Waals surface area (Å²) in [6, 6.07) is 0. The van der Waals surface area contributed by atoms with Crippen molar-refractivity contribution in [3.63, 3.8) is 0 Å². The van der Waals surface area contributed by atoms with Crippen molar-refractivity contribution in [2.45, 2.75) is 38.0 Å². The molecule has 3 unspecified atom stereocenters. The van der Waals surface area contributed by atoms with Crippen LogP contribution in [-0.2, 0) is 4.74 Å². The fourth-order valence-electron chi connectivity index (χ4n) is 3.87. The van der Waals surface area contributed by atoms with Crippen LogP contribution >= 0.6 is 0 Å². The minimum Gasteiger partial charge on any atom is -0.381 e.